The molecular formula is C32H32N2. The molecule has 2 nitrogen and oxygen atoms in total. The van der Waals surface area contributed by atoms with E-state index in [1.54, 1.807) is 0 Å². The largest absolute Gasteiger partial charge is 0.355 e. The van der Waals surface area contributed by atoms with Crippen LogP contribution in [0.5, 0.6) is 0 Å². The summed E-state index contributed by atoms with van der Waals surface area (Å²) >= 11 is 0. The van der Waals surface area contributed by atoms with Crippen LogP contribution in [-0.2, 0) is 0 Å². The fourth-order valence-corrected chi connectivity index (χ4v) is 4.41. The van der Waals surface area contributed by atoms with Crippen molar-refractivity contribution in [3.63, 3.8) is 0 Å². The summed E-state index contributed by atoms with van der Waals surface area (Å²) < 4.78 is 0. The van der Waals surface area contributed by atoms with Gasteiger partial charge in [-0.15, -0.1) is 0 Å². The maximum atomic E-state index is 3.61. The Kier molecular flexibility index (Phi) is 5.98. The summed E-state index contributed by atoms with van der Waals surface area (Å²) in [4.78, 5) is 7.22. The molecule has 2 N–H and O–H groups in total. The van der Waals surface area contributed by atoms with Crippen LogP contribution in [0.3, 0.4) is 0 Å². The molecule has 2 heterocycles. The van der Waals surface area contributed by atoms with Gasteiger partial charge in [0.05, 0.1) is 0 Å². The van der Waals surface area contributed by atoms with E-state index in [-0.39, 0.29) is 0 Å². The fraction of sp³-hybridized carbons (Fsp3) is 0.188. The van der Waals surface area contributed by atoms with E-state index in [0.29, 0.717) is 11.8 Å². The average molecular weight is 445 g/mol. The Morgan fingerprint density at radius 2 is 0.765 bits per heavy atom. The average Bonchev–Trinajstić information content (AvgIpc) is 3.55. The molecule has 2 aromatic heterocycles. The van der Waals surface area contributed by atoms with E-state index in [4.69, 9.17) is 0 Å². The quantitative estimate of drug-likeness (QED) is 0.261. The Bertz CT molecular complexity index is 1270. The Labute approximate surface area is 202 Å². The first-order valence-electron chi connectivity index (χ1n) is 12.2. The van der Waals surface area contributed by atoms with Crippen molar-refractivity contribution in [3.05, 3.63) is 108 Å². The van der Waals surface area contributed by atoms with Gasteiger partial charge in [-0.1, -0.05) is 94.4 Å². The molecule has 0 spiro atoms. The van der Waals surface area contributed by atoms with Gasteiger partial charge in [0.25, 0.3) is 0 Å². The first-order chi connectivity index (χ1) is 16.5. The maximum Gasteiger partial charge on any atom is 0.0458 e. The molecule has 0 atom stereocenters. The minimum atomic E-state index is 0.545. The Hall–Kier alpha value is -3.78. The predicted octanol–water partition coefficient (Wildman–Crippen LogP) is 9.26. The summed E-state index contributed by atoms with van der Waals surface area (Å²) in [5.41, 5.74) is 12.1. The zero-order valence-electron chi connectivity index (χ0n) is 20.4. The monoisotopic (exact) mass is 444 g/mol. The van der Waals surface area contributed by atoms with E-state index < -0.39 is 0 Å². The summed E-state index contributed by atoms with van der Waals surface area (Å²) in [6, 6.07) is 35.1. The van der Waals surface area contributed by atoms with Gasteiger partial charge in [-0.05, 0) is 75.5 Å². The summed E-state index contributed by atoms with van der Waals surface area (Å²) in [5, 5.41) is 0. The molecule has 0 aliphatic rings. The highest BCUT2D eigenvalue weighted by atomic mass is 14.7. The van der Waals surface area contributed by atoms with Crippen molar-refractivity contribution in [2.75, 3.05) is 0 Å². The second kappa shape index (κ2) is 9.23. The van der Waals surface area contributed by atoms with Gasteiger partial charge in [0.2, 0.25) is 0 Å². The van der Waals surface area contributed by atoms with Gasteiger partial charge < -0.3 is 9.97 Å². The van der Waals surface area contributed by atoms with Gasteiger partial charge >= 0.3 is 0 Å². The summed E-state index contributed by atoms with van der Waals surface area (Å²) in [6.07, 6.45) is 0. The van der Waals surface area contributed by atoms with Crippen molar-refractivity contribution in [2.45, 2.75) is 39.5 Å². The van der Waals surface area contributed by atoms with E-state index in [1.807, 2.05) is 0 Å². The highest BCUT2D eigenvalue weighted by molar-refractivity contribution is 5.74. The standard InChI is InChI=1S/C32H32N2/c1-21(2)23-8-12-25(13-9-23)29-16-18-31(33-29)27-6-5-7-28(20-27)32-19-17-30(34-32)26-14-10-24(11-15-26)22(3)4/h5-22,33-34H,1-4H3. The minimum Gasteiger partial charge on any atom is -0.355 e. The van der Waals surface area contributed by atoms with Crippen molar-refractivity contribution < 1.29 is 0 Å². The lowest BCUT2D eigenvalue weighted by Gasteiger charge is -2.07. The summed E-state index contributed by atoms with van der Waals surface area (Å²) in [7, 11) is 0. The topological polar surface area (TPSA) is 31.6 Å². The molecule has 0 saturated heterocycles. The van der Waals surface area contributed by atoms with Gasteiger partial charge in [0.1, 0.15) is 0 Å². The van der Waals surface area contributed by atoms with Gasteiger partial charge in [-0.3, -0.25) is 0 Å². The normalized spacial score (nSPS) is 11.5. The molecule has 170 valence electrons. The van der Waals surface area contributed by atoms with Crippen LogP contribution in [0.15, 0.2) is 97.1 Å². The van der Waals surface area contributed by atoms with Crippen molar-refractivity contribution >= 4 is 0 Å². The molecule has 0 fully saturated rings. The number of aromatic amines is 2. The third-order valence-corrected chi connectivity index (χ3v) is 6.63. The Morgan fingerprint density at radius 1 is 0.412 bits per heavy atom. The number of hydrogen-bond acceptors (Lipinski definition) is 0. The smallest absolute Gasteiger partial charge is 0.0458 e. The number of benzene rings is 3. The van der Waals surface area contributed by atoms with Crippen LogP contribution in [0.25, 0.3) is 45.0 Å². The van der Waals surface area contributed by atoms with E-state index in [1.165, 1.54) is 33.4 Å². The van der Waals surface area contributed by atoms with E-state index in [2.05, 4.69) is 135 Å². The molecule has 2 heteroatoms. The lowest BCUT2D eigenvalue weighted by Crippen LogP contribution is -1.87. The van der Waals surface area contributed by atoms with Crippen LogP contribution in [0.4, 0.5) is 0 Å². The molecule has 0 aliphatic heterocycles. The lowest BCUT2D eigenvalue weighted by atomic mass is 10.0. The summed E-state index contributed by atoms with van der Waals surface area (Å²) in [5.74, 6) is 1.09. The molecule has 34 heavy (non-hydrogen) atoms. The Balaban J connectivity index is 1.38. The van der Waals surface area contributed by atoms with Gasteiger partial charge in [-0.2, -0.15) is 0 Å². The zero-order valence-corrected chi connectivity index (χ0v) is 20.4. The molecule has 5 rings (SSSR count). The summed E-state index contributed by atoms with van der Waals surface area (Å²) in [6.45, 7) is 8.91. The minimum absolute atomic E-state index is 0.545. The molecule has 0 saturated carbocycles. The predicted molar refractivity (Wildman–Crippen MR) is 145 cm³/mol. The molecule has 0 radical (unpaired) electrons. The maximum absolute atomic E-state index is 3.61. The van der Waals surface area contributed by atoms with Crippen molar-refractivity contribution in [1.29, 1.82) is 0 Å². The number of aromatic nitrogens is 2. The second-order valence-corrected chi connectivity index (χ2v) is 9.71. The van der Waals surface area contributed by atoms with Crippen LogP contribution in [0, 0.1) is 0 Å². The SMILES string of the molecule is CC(C)c1ccc(-c2ccc(-c3cccc(-c4ccc(-c5ccc(C(C)C)cc5)[nH]4)c3)[nH]2)cc1. The molecule has 0 aliphatic carbocycles. The number of nitrogens with one attached hydrogen (secondary N) is 2. The van der Waals surface area contributed by atoms with Crippen LogP contribution >= 0.6 is 0 Å². The zero-order chi connectivity index (χ0) is 23.7. The second-order valence-electron chi connectivity index (χ2n) is 9.71. The van der Waals surface area contributed by atoms with Crippen LogP contribution in [0.2, 0.25) is 0 Å². The van der Waals surface area contributed by atoms with E-state index in [9.17, 15) is 0 Å². The molecule has 5 aromatic rings. The lowest BCUT2D eigenvalue weighted by molar-refractivity contribution is 0.867. The molecule has 0 unspecified atom stereocenters. The van der Waals surface area contributed by atoms with E-state index >= 15 is 0 Å². The molecule has 3 aromatic carbocycles. The van der Waals surface area contributed by atoms with Crippen LogP contribution < -0.4 is 0 Å². The third-order valence-electron chi connectivity index (χ3n) is 6.63. The highest BCUT2D eigenvalue weighted by Crippen LogP contribution is 2.30. The first-order valence-corrected chi connectivity index (χ1v) is 12.2. The first kappa shape index (κ1) is 22.0. The van der Waals surface area contributed by atoms with Crippen molar-refractivity contribution in [2.24, 2.45) is 0 Å². The highest BCUT2D eigenvalue weighted by Gasteiger charge is 2.09. The van der Waals surface area contributed by atoms with E-state index in [0.717, 1.165) is 22.8 Å². The molecule has 0 amide bonds. The van der Waals surface area contributed by atoms with Gasteiger partial charge in [-0.25, -0.2) is 0 Å². The molecular weight excluding hydrogens is 412 g/mol. The molecule has 0 bridgehead atoms. The Morgan fingerprint density at radius 3 is 1.12 bits per heavy atom. The fourth-order valence-electron chi connectivity index (χ4n) is 4.41. The van der Waals surface area contributed by atoms with Crippen LogP contribution in [-0.4, -0.2) is 9.97 Å². The van der Waals surface area contributed by atoms with Crippen molar-refractivity contribution in [1.82, 2.24) is 9.97 Å². The third kappa shape index (κ3) is 4.49. The number of hydrogen-bond donors (Lipinski definition) is 2. The van der Waals surface area contributed by atoms with Crippen LogP contribution in [0.1, 0.15) is 50.7 Å². The van der Waals surface area contributed by atoms with Crippen molar-refractivity contribution in [3.8, 4) is 45.0 Å². The number of rotatable bonds is 6. The van der Waals surface area contributed by atoms with Gasteiger partial charge in [0.15, 0.2) is 0 Å². The van der Waals surface area contributed by atoms with Gasteiger partial charge in [0, 0.05) is 22.8 Å². The number of H-pyrrole nitrogens is 2.